The largest absolute Gasteiger partial charge is 0.396 e. The van der Waals surface area contributed by atoms with E-state index >= 15 is 0 Å². The van der Waals surface area contributed by atoms with E-state index < -0.39 is 0 Å². The van der Waals surface area contributed by atoms with E-state index in [1.54, 1.807) is 6.33 Å². The normalized spacial score (nSPS) is 14.6. The lowest BCUT2D eigenvalue weighted by Crippen LogP contribution is -2.32. The lowest BCUT2D eigenvalue weighted by molar-refractivity contribution is 0.127. The minimum absolute atomic E-state index is 0.0313. The summed E-state index contributed by atoms with van der Waals surface area (Å²) < 4.78 is 0. The number of hydrogen-bond acceptors (Lipinski definition) is 4. The predicted molar refractivity (Wildman–Crippen MR) is 72.6 cm³/mol. The van der Waals surface area contributed by atoms with Crippen LogP contribution in [0.2, 0.25) is 0 Å². The van der Waals surface area contributed by atoms with Crippen molar-refractivity contribution in [1.82, 2.24) is 9.97 Å². The van der Waals surface area contributed by atoms with Crippen molar-refractivity contribution in [2.24, 2.45) is 5.41 Å². The Bertz CT molecular complexity index is 394. The molecule has 0 bridgehead atoms. The van der Waals surface area contributed by atoms with Crippen LogP contribution in [0, 0.1) is 5.41 Å². The molecule has 1 aromatic rings. The number of fused-ring (bicyclic) bond motifs is 1. The van der Waals surface area contributed by atoms with Crippen LogP contribution in [0.15, 0.2) is 6.33 Å². The Morgan fingerprint density at radius 1 is 1.28 bits per heavy atom. The minimum atomic E-state index is -0.0313. The Morgan fingerprint density at radius 2 is 2.06 bits per heavy atom. The van der Waals surface area contributed by atoms with Crippen LogP contribution in [0.1, 0.15) is 44.4 Å². The second-order valence-electron chi connectivity index (χ2n) is 5.22. The number of hydrogen-bond donors (Lipinski definition) is 2. The van der Waals surface area contributed by atoms with Crippen molar-refractivity contribution in [1.29, 1.82) is 0 Å². The zero-order chi connectivity index (χ0) is 13.0. The molecule has 1 aliphatic rings. The van der Waals surface area contributed by atoms with Gasteiger partial charge in [0.2, 0.25) is 0 Å². The van der Waals surface area contributed by atoms with Crippen LogP contribution >= 0.6 is 0 Å². The molecule has 0 amide bonds. The molecule has 1 aliphatic carbocycles. The molecule has 18 heavy (non-hydrogen) atoms. The van der Waals surface area contributed by atoms with Gasteiger partial charge >= 0.3 is 0 Å². The molecular weight excluding hydrogens is 226 g/mol. The van der Waals surface area contributed by atoms with E-state index in [4.69, 9.17) is 0 Å². The van der Waals surface area contributed by atoms with E-state index in [1.807, 2.05) is 0 Å². The number of nitrogens with zero attached hydrogens (tertiary/aromatic N) is 2. The first kappa shape index (κ1) is 13.3. The summed E-state index contributed by atoms with van der Waals surface area (Å²) in [5, 5.41) is 13.0. The maximum absolute atomic E-state index is 9.58. The fourth-order valence-corrected chi connectivity index (χ4v) is 2.56. The number of aliphatic hydroxyl groups excluding tert-OH is 1. The summed E-state index contributed by atoms with van der Waals surface area (Å²) >= 11 is 0. The maximum Gasteiger partial charge on any atom is 0.132 e. The van der Waals surface area contributed by atoms with Crippen LogP contribution < -0.4 is 5.32 Å². The number of aromatic nitrogens is 2. The first-order chi connectivity index (χ1) is 8.74. The molecule has 2 N–H and O–H groups in total. The molecule has 1 heterocycles. The van der Waals surface area contributed by atoms with Gasteiger partial charge in [-0.15, -0.1) is 0 Å². The van der Waals surface area contributed by atoms with Crippen LogP contribution in [-0.2, 0) is 12.8 Å². The molecule has 0 aromatic carbocycles. The smallest absolute Gasteiger partial charge is 0.132 e. The maximum atomic E-state index is 9.58. The Morgan fingerprint density at radius 3 is 2.72 bits per heavy atom. The van der Waals surface area contributed by atoms with Crippen molar-refractivity contribution in [3.63, 3.8) is 0 Å². The monoisotopic (exact) mass is 249 g/mol. The van der Waals surface area contributed by atoms with Gasteiger partial charge in [0, 0.05) is 23.2 Å². The molecular formula is C14H23N3O. The van der Waals surface area contributed by atoms with E-state index in [2.05, 4.69) is 29.1 Å². The summed E-state index contributed by atoms with van der Waals surface area (Å²) in [6.45, 7) is 5.26. The van der Waals surface area contributed by atoms with E-state index in [1.165, 1.54) is 17.7 Å². The fourth-order valence-electron chi connectivity index (χ4n) is 2.56. The first-order valence-corrected chi connectivity index (χ1v) is 6.92. The van der Waals surface area contributed by atoms with Crippen molar-refractivity contribution in [3.05, 3.63) is 17.6 Å². The van der Waals surface area contributed by atoms with Crippen LogP contribution in [0.25, 0.3) is 0 Å². The standard InChI is InChI=1S/C14H23N3O/c1-3-14(4-2,9-18)8-15-13-11-6-5-7-12(11)16-10-17-13/h10,18H,3-9H2,1-2H3,(H,15,16,17). The van der Waals surface area contributed by atoms with Crippen LogP contribution in [0.3, 0.4) is 0 Å². The summed E-state index contributed by atoms with van der Waals surface area (Å²) in [6, 6.07) is 0. The second kappa shape index (κ2) is 5.65. The quantitative estimate of drug-likeness (QED) is 0.811. The molecule has 0 aliphatic heterocycles. The Hall–Kier alpha value is -1.16. The van der Waals surface area contributed by atoms with E-state index in [9.17, 15) is 5.11 Å². The number of nitrogens with one attached hydrogen (secondary N) is 1. The van der Waals surface area contributed by atoms with E-state index in [0.717, 1.165) is 38.0 Å². The van der Waals surface area contributed by atoms with Gasteiger partial charge in [0.1, 0.15) is 12.1 Å². The zero-order valence-corrected chi connectivity index (χ0v) is 11.4. The number of aryl methyl sites for hydroxylation is 1. The predicted octanol–water partition coefficient (Wildman–Crippen LogP) is 2.18. The first-order valence-electron chi connectivity index (χ1n) is 6.92. The van der Waals surface area contributed by atoms with Gasteiger partial charge in [-0.25, -0.2) is 9.97 Å². The van der Waals surface area contributed by atoms with E-state index in [0.29, 0.717) is 0 Å². The van der Waals surface area contributed by atoms with Crippen molar-refractivity contribution in [3.8, 4) is 0 Å². The molecule has 0 atom stereocenters. The zero-order valence-electron chi connectivity index (χ0n) is 11.4. The number of rotatable bonds is 6. The van der Waals surface area contributed by atoms with Gasteiger partial charge in [-0.3, -0.25) is 0 Å². The van der Waals surface area contributed by atoms with Crippen molar-refractivity contribution >= 4 is 5.82 Å². The molecule has 0 unspecified atom stereocenters. The number of aliphatic hydroxyl groups is 1. The lowest BCUT2D eigenvalue weighted by Gasteiger charge is -2.30. The summed E-state index contributed by atoms with van der Waals surface area (Å²) in [6.07, 6.45) is 6.91. The third kappa shape index (κ3) is 2.48. The molecule has 0 spiro atoms. The van der Waals surface area contributed by atoms with Gasteiger partial charge in [-0.2, -0.15) is 0 Å². The molecule has 0 saturated carbocycles. The van der Waals surface area contributed by atoms with Gasteiger partial charge in [-0.1, -0.05) is 13.8 Å². The fraction of sp³-hybridized carbons (Fsp3) is 0.714. The molecule has 100 valence electrons. The highest BCUT2D eigenvalue weighted by molar-refractivity contribution is 5.48. The Labute approximate surface area is 109 Å². The van der Waals surface area contributed by atoms with Crippen LogP contribution in [0.4, 0.5) is 5.82 Å². The highest BCUT2D eigenvalue weighted by Gasteiger charge is 2.26. The van der Waals surface area contributed by atoms with Gasteiger partial charge in [0.25, 0.3) is 0 Å². The van der Waals surface area contributed by atoms with Crippen molar-refractivity contribution < 1.29 is 5.11 Å². The number of anilines is 1. The van der Waals surface area contributed by atoms with Gasteiger partial charge in [0.05, 0.1) is 6.61 Å². The van der Waals surface area contributed by atoms with Crippen LogP contribution in [0.5, 0.6) is 0 Å². The molecule has 4 nitrogen and oxygen atoms in total. The molecule has 2 rings (SSSR count). The molecule has 4 heteroatoms. The summed E-state index contributed by atoms with van der Waals surface area (Å²) in [5.41, 5.74) is 2.43. The molecule has 0 saturated heterocycles. The molecule has 0 fully saturated rings. The second-order valence-corrected chi connectivity index (χ2v) is 5.22. The third-order valence-electron chi connectivity index (χ3n) is 4.34. The van der Waals surface area contributed by atoms with E-state index in [-0.39, 0.29) is 12.0 Å². The van der Waals surface area contributed by atoms with Gasteiger partial charge < -0.3 is 10.4 Å². The highest BCUT2D eigenvalue weighted by atomic mass is 16.3. The van der Waals surface area contributed by atoms with Gasteiger partial charge in [-0.05, 0) is 32.1 Å². The average Bonchev–Trinajstić information content (AvgIpc) is 2.90. The molecule has 0 radical (unpaired) electrons. The minimum Gasteiger partial charge on any atom is -0.396 e. The van der Waals surface area contributed by atoms with Gasteiger partial charge in [0.15, 0.2) is 0 Å². The van der Waals surface area contributed by atoms with Crippen molar-refractivity contribution in [2.75, 3.05) is 18.5 Å². The van der Waals surface area contributed by atoms with Crippen molar-refractivity contribution in [2.45, 2.75) is 46.0 Å². The summed E-state index contributed by atoms with van der Waals surface area (Å²) in [5.74, 6) is 0.970. The lowest BCUT2D eigenvalue weighted by atomic mass is 9.83. The summed E-state index contributed by atoms with van der Waals surface area (Å²) in [4.78, 5) is 8.68. The third-order valence-corrected chi connectivity index (χ3v) is 4.34. The topological polar surface area (TPSA) is 58.0 Å². The Balaban J connectivity index is 2.09. The highest BCUT2D eigenvalue weighted by Crippen LogP contribution is 2.29. The molecule has 1 aromatic heterocycles. The summed E-state index contributed by atoms with van der Waals surface area (Å²) in [7, 11) is 0. The average molecular weight is 249 g/mol. The van der Waals surface area contributed by atoms with Crippen LogP contribution in [-0.4, -0.2) is 28.2 Å². The Kier molecular flexibility index (Phi) is 4.17. The SMILES string of the molecule is CCC(CC)(CO)CNc1ncnc2c1CCC2.